The van der Waals surface area contributed by atoms with E-state index in [1.54, 1.807) is 6.07 Å². The zero-order valence-electron chi connectivity index (χ0n) is 14.0. The SMILES string of the molecule is Cc1cc2oc(=O)cc(CN3CCCC[C@H]3CCO)c2cc1C. The van der Waals surface area contributed by atoms with Gasteiger partial charge in [0.05, 0.1) is 0 Å². The first-order valence-corrected chi connectivity index (χ1v) is 8.47. The van der Waals surface area contributed by atoms with E-state index < -0.39 is 0 Å². The van der Waals surface area contributed by atoms with Crippen molar-refractivity contribution >= 4 is 11.0 Å². The van der Waals surface area contributed by atoms with E-state index in [2.05, 4.69) is 17.9 Å². The first kappa shape index (κ1) is 16.2. The molecular weight excluding hydrogens is 290 g/mol. The number of benzene rings is 1. The van der Waals surface area contributed by atoms with Crippen LogP contribution in [0.15, 0.2) is 27.4 Å². The zero-order chi connectivity index (χ0) is 16.4. The minimum Gasteiger partial charge on any atom is -0.423 e. The fourth-order valence-corrected chi connectivity index (χ4v) is 3.58. The van der Waals surface area contributed by atoms with E-state index in [1.165, 1.54) is 18.4 Å². The van der Waals surface area contributed by atoms with E-state index in [0.29, 0.717) is 11.6 Å². The minimum absolute atomic E-state index is 0.219. The smallest absolute Gasteiger partial charge is 0.336 e. The molecule has 2 heterocycles. The van der Waals surface area contributed by atoms with Crippen LogP contribution in [0.1, 0.15) is 42.4 Å². The number of hydrogen-bond donors (Lipinski definition) is 1. The van der Waals surface area contributed by atoms with Crippen LogP contribution in [-0.4, -0.2) is 29.2 Å². The minimum atomic E-state index is -0.286. The molecular formula is C19H25NO3. The Bertz CT molecular complexity index is 748. The van der Waals surface area contributed by atoms with E-state index in [1.807, 2.05) is 13.0 Å². The van der Waals surface area contributed by atoms with Gasteiger partial charge in [0.1, 0.15) is 5.58 Å². The van der Waals surface area contributed by atoms with Crippen LogP contribution in [0, 0.1) is 13.8 Å². The van der Waals surface area contributed by atoms with Crippen molar-refractivity contribution in [1.82, 2.24) is 4.90 Å². The van der Waals surface area contributed by atoms with Gasteiger partial charge in [-0.2, -0.15) is 0 Å². The molecule has 3 rings (SSSR count). The van der Waals surface area contributed by atoms with Crippen molar-refractivity contribution in [3.05, 3.63) is 45.3 Å². The fourth-order valence-electron chi connectivity index (χ4n) is 3.58. The number of likely N-dealkylation sites (tertiary alicyclic amines) is 1. The summed E-state index contributed by atoms with van der Waals surface area (Å²) < 4.78 is 5.39. The zero-order valence-corrected chi connectivity index (χ0v) is 14.0. The summed E-state index contributed by atoms with van der Waals surface area (Å²) in [4.78, 5) is 14.3. The summed E-state index contributed by atoms with van der Waals surface area (Å²) in [5, 5.41) is 10.3. The number of nitrogens with zero attached hydrogens (tertiary/aromatic N) is 1. The molecule has 1 aliphatic heterocycles. The van der Waals surface area contributed by atoms with Gasteiger partial charge in [-0.3, -0.25) is 4.90 Å². The van der Waals surface area contributed by atoms with Gasteiger partial charge >= 0.3 is 5.63 Å². The van der Waals surface area contributed by atoms with E-state index in [4.69, 9.17) is 4.42 Å². The Morgan fingerprint density at radius 1 is 1.22 bits per heavy atom. The Kier molecular flexibility index (Phi) is 4.83. The van der Waals surface area contributed by atoms with Crippen molar-refractivity contribution < 1.29 is 9.52 Å². The van der Waals surface area contributed by atoms with Gasteiger partial charge < -0.3 is 9.52 Å². The van der Waals surface area contributed by atoms with Crippen LogP contribution in [0.2, 0.25) is 0 Å². The van der Waals surface area contributed by atoms with Crippen LogP contribution in [0.4, 0.5) is 0 Å². The number of piperidine rings is 1. The van der Waals surface area contributed by atoms with E-state index >= 15 is 0 Å². The van der Waals surface area contributed by atoms with Crippen molar-refractivity contribution in [2.75, 3.05) is 13.2 Å². The predicted octanol–water partition coefficient (Wildman–Crippen LogP) is 3.15. The third kappa shape index (κ3) is 3.48. The Labute approximate surface area is 136 Å². The van der Waals surface area contributed by atoms with Crippen LogP contribution >= 0.6 is 0 Å². The van der Waals surface area contributed by atoms with Crippen LogP contribution < -0.4 is 5.63 Å². The molecule has 0 radical (unpaired) electrons. The molecule has 0 bridgehead atoms. The summed E-state index contributed by atoms with van der Waals surface area (Å²) in [7, 11) is 0. The molecule has 4 nitrogen and oxygen atoms in total. The van der Waals surface area contributed by atoms with Gasteiger partial charge in [-0.1, -0.05) is 6.42 Å². The molecule has 1 saturated heterocycles. The van der Waals surface area contributed by atoms with Crippen molar-refractivity contribution in [3.63, 3.8) is 0 Å². The molecule has 0 aliphatic carbocycles. The molecule has 2 aromatic rings. The van der Waals surface area contributed by atoms with Crippen molar-refractivity contribution in [2.24, 2.45) is 0 Å². The highest BCUT2D eigenvalue weighted by molar-refractivity contribution is 5.81. The van der Waals surface area contributed by atoms with Gasteiger partial charge in [0.15, 0.2) is 0 Å². The molecule has 23 heavy (non-hydrogen) atoms. The summed E-state index contributed by atoms with van der Waals surface area (Å²) >= 11 is 0. The Hall–Kier alpha value is -1.65. The molecule has 124 valence electrons. The van der Waals surface area contributed by atoms with Crippen molar-refractivity contribution in [2.45, 2.75) is 52.1 Å². The van der Waals surface area contributed by atoms with Gasteiger partial charge in [0.25, 0.3) is 0 Å². The van der Waals surface area contributed by atoms with Crippen molar-refractivity contribution in [3.8, 4) is 0 Å². The lowest BCUT2D eigenvalue weighted by atomic mass is 9.97. The molecule has 1 N–H and O–H groups in total. The number of hydrogen-bond acceptors (Lipinski definition) is 4. The molecule has 1 atom stereocenters. The summed E-state index contributed by atoms with van der Waals surface area (Å²) in [6, 6.07) is 6.11. The number of aliphatic hydroxyl groups is 1. The molecule has 1 fully saturated rings. The molecule has 0 saturated carbocycles. The highest BCUT2D eigenvalue weighted by Crippen LogP contribution is 2.26. The topological polar surface area (TPSA) is 53.7 Å². The third-order valence-corrected chi connectivity index (χ3v) is 5.03. The average Bonchev–Trinajstić information content (AvgIpc) is 2.51. The number of aliphatic hydroxyl groups excluding tert-OH is 1. The van der Waals surface area contributed by atoms with E-state index in [9.17, 15) is 9.90 Å². The van der Waals surface area contributed by atoms with Gasteiger partial charge in [-0.25, -0.2) is 4.79 Å². The first-order valence-electron chi connectivity index (χ1n) is 8.47. The Morgan fingerprint density at radius 3 is 2.78 bits per heavy atom. The van der Waals surface area contributed by atoms with Crippen LogP contribution in [0.5, 0.6) is 0 Å². The maximum atomic E-state index is 11.9. The summed E-state index contributed by atoms with van der Waals surface area (Å²) in [5.74, 6) is 0. The number of fused-ring (bicyclic) bond motifs is 1. The molecule has 1 aromatic carbocycles. The largest absolute Gasteiger partial charge is 0.423 e. The summed E-state index contributed by atoms with van der Waals surface area (Å²) in [6.45, 7) is 6.10. The summed E-state index contributed by atoms with van der Waals surface area (Å²) in [6.07, 6.45) is 4.33. The summed E-state index contributed by atoms with van der Waals surface area (Å²) in [5.41, 5.74) is 3.76. The normalized spacial score (nSPS) is 19.3. The van der Waals surface area contributed by atoms with Gasteiger partial charge in [0.2, 0.25) is 0 Å². The van der Waals surface area contributed by atoms with Gasteiger partial charge in [-0.15, -0.1) is 0 Å². The van der Waals surface area contributed by atoms with Gasteiger partial charge in [0, 0.05) is 30.6 Å². The van der Waals surface area contributed by atoms with Crippen LogP contribution in [0.3, 0.4) is 0 Å². The maximum Gasteiger partial charge on any atom is 0.336 e. The Balaban J connectivity index is 1.98. The monoisotopic (exact) mass is 315 g/mol. The van der Waals surface area contributed by atoms with E-state index in [0.717, 1.165) is 42.4 Å². The molecule has 0 spiro atoms. The average molecular weight is 315 g/mol. The van der Waals surface area contributed by atoms with Crippen LogP contribution in [0.25, 0.3) is 11.0 Å². The van der Waals surface area contributed by atoms with Crippen LogP contribution in [-0.2, 0) is 6.54 Å². The highest BCUT2D eigenvalue weighted by atomic mass is 16.4. The molecule has 4 heteroatoms. The molecule has 1 aliphatic rings. The number of rotatable bonds is 4. The number of aryl methyl sites for hydroxylation is 2. The predicted molar refractivity (Wildman–Crippen MR) is 91.7 cm³/mol. The molecule has 0 amide bonds. The lowest BCUT2D eigenvalue weighted by Crippen LogP contribution is -2.39. The standard InChI is InChI=1S/C19H25NO3/c1-13-9-17-15(11-19(22)23-18(17)10-14(13)2)12-20-7-4-3-5-16(20)6-8-21/h9-11,16,21H,3-8,12H2,1-2H3/t16-/m0/s1. The second-order valence-electron chi connectivity index (χ2n) is 6.66. The van der Waals surface area contributed by atoms with Crippen molar-refractivity contribution in [1.29, 1.82) is 0 Å². The van der Waals surface area contributed by atoms with Gasteiger partial charge in [-0.05, 0) is 68.5 Å². The molecule has 1 aromatic heterocycles. The lowest BCUT2D eigenvalue weighted by molar-refractivity contribution is 0.113. The highest BCUT2D eigenvalue weighted by Gasteiger charge is 2.23. The third-order valence-electron chi connectivity index (χ3n) is 5.03. The van der Waals surface area contributed by atoms with E-state index in [-0.39, 0.29) is 12.2 Å². The first-order chi connectivity index (χ1) is 11.1. The fraction of sp³-hybridized carbons (Fsp3) is 0.526. The Morgan fingerprint density at radius 2 is 2.00 bits per heavy atom. The second-order valence-corrected chi connectivity index (χ2v) is 6.66. The maximum absolute atomic E-state index is 11.9. The second kappa shape index (κ2) is 6.85. The quantitative estimate of drug-likeness (QED) is 0.881. The molecule has 0 unspecified atom stereocenters. The lowest BCUT2D eigenvalue weighted by Gasteiger charge is -2.35.